The first kappa shape index (κ1) is 34.0. The molecule has 0 aromatic carbocycles. The van der Waals surface area contributed by atoms with E-state index in [1.807, 2.05) is 19.9 Å². The number of primary amides is 1. The highest BCUT2D eigenvalue weighted by atomic mass is 19.1. The van der Waals surface area contributed by atoms with Crippen LogP contribution in [0.5, 0.6) is 0 Å². The van der Waals surface area contributed by atoms with E-state index in [0.717, 1.165) is 17.3 Å². The van der Waals surface area contributed by atoms with Gasteiger partial charge in [-0.2, -0.15) is 0 Å². The molecule has 232 valence electrons. The first-order chi connectivity index (χ1) is 19.3. The summed E-state index contributed by atoms with van der Waals surface area (Å²) in [6.45, 7) is 16.3. The minimum absolute atomic E-state index is 0.0366. The summed E-state index contributed by atoms with van der Waals surface area (Å²) in [6.07, 6.45) is 1.21. The molecule has 2 atom stereocenters. The molecule has 0 fully saturated rings. The number of carbonyl (C=O) groups excluding carboxylic acids is 3. The van der Waals surface area contributed by atoms with Gasteiger partial charge in [0.15, 0.2) is 11.6 Å². The Kier molecular flexibility index (Phi) is 11.5. The summed E-state index contributed by atoms with van der Waals surface area (Å²) >= 11 is 0. The summed E-state index contributed by atoms with van der Waals surface area (Å²) in [5.41, 5.74) is 6.29. The van der Waals surface area contributed by atoms with Crippen LogP contribution < -0.4 is 27.0 Å². The number of nitrogens with two attached hydrogens (primary N) is 1. The second-order valence-corrected chi connectivity index (χ2v) is 12.1. The van der Waals surface area contributed by atoms with Gasteiger partial charge >= 0.3 is 12.2 Å². The van der Waals surface area contributed by atoms with Gasteiger partial charge < -0.3 is 36.5 Å². The third kappa shape index (κ3) is 11.4. The van der Waals surface area contributed by atoms with Crippen LogP contribution in [0.25, 0.3) is 0 Å². The smallest absolute Gasteiger partial charge is 0.407 e. The highest BCUT2D eigenvalue weighted by Crippen LogP contribution is 2.25. The van der Waals surface area contributed by atoms with Gasteiger partial charge in [-0.15, -0.1) is 0 Å². The molecular weight excluding hydrogens is 545 g/mol. The number of hydrogen-bond donors (Lipinski definition) is 5. The standard InChI is InChI=1S/C29H44FN7O5/c1-16-13-19(15-33-17(16)2)35-24-20(23(31)38)14-21(30)25(37-24)36-22(18(3)34-27(40)42-29(7,8)9)11-10-12-32-26(39)41-28(4,5)6/h13-15,18,22H,10-12H2,1-9H3,(H2,31,38)(H,32,39)(H,34,40)(H2,35,36,37)/t18-,22+/m0/s1. The molecule has 2 aromatic rings. The number of ether oxygens (including phenoxy) is 2. The number of pyridine rings is 2. The van der Waals surface area contributed by atoms with Crippen molar-refractivity contribution >= 4 is 35.4 Å². The van der Waals surface area contributed by atoms with Gasteiger partial charge in [-0.25, -0.2) is 19.0 Å². The van der Waals surface area contributed by atoms with Gasteiger partial charge in [0, 0.05) is 24.3 Å². The zero-order valence-electron chi connectivity index (χ0n) is 25.9. The summed E-state index contributed by atoms with van der Waals surface area (Å²) < 4.78 is 25.9. The number of nitrogens with zero attached hydrogens (tertiary/aromatic N) is 2. The number of rotatable bonds is 11. The summed E-state index contributed by atoms with van der Waals surface area (Å²) in [6, 6.07) is 1.70. The summed E-state index contributed by atoms with van der Waals surface area (Å²) in [5, 5.41) is 11.5. The number of aryl methyl sites for hydroxylation is 2. The molecule has 0 aliphatic heterocycles. The van der Waals surface area contributed by atoms with Crippen LogP contribution in [0.3, 0.4) is 0 Å². The van der Waals surface area contributed by atoms with Gasteiger partial charge in [-0.1, -0.05) is 0 Å². The molecule has 0 bridgehead atoms. The predicted octanol–water partition coefficient (Wildman–Crippen LogP) is 5.07. The van der Waals surface area contributed by atoms with Gasteiger partial charge in [0.05, 0.1) is 17.4 Å². The first-order valence-corrected chi connectivity index (χ1v) is 13.8. The van der Waals surface area contributed by atoms with Crippen LogP contribution in [-0.2, 0) is 9.47 Å². The fourth-order valence-electron chi connectivity index (χ4n) is 3.76. The van der Waals surface area contributed by atoms with Crippen molar-refractivity contribution in [1.82, 2.24) is 20.6 Å². The maximum absolute atomic E-state index is 15.2. The van der Waals surface area contributed by atoms with Crippen LogP contribution in [0.4, 0.5) is 31.3 Å². The zero-order valence-corrected chi connectivity index (χ0v) is 25.9. The Balaban J connectivity index is 2.30. The third-order valence-electron chi connectivity index (χ3n) is 5.87. The van der Waals surface area contributed by atoms with Gasteiger partial charge in [-0.05, 0) is 92.9 Å². The lowest BCUT2D eigenvalue weighted by Gasteiger charge is -2.28. The Bertz CT molecular complexity index is 1270. The molecule has 2 rings (SSSR count). The average molecular weight is 590 g/mol. The minimum Gasteiger partial charge on any atom is -0.444 e. The number of hydrogen-bond acceptors (Lipinski definition) is 9. The van der Waals surface area contributed by atoms with Crippen LogP contribution >= 0.6 is 0 Å². The number of amides is 3. The Morgan fingerprint density at radius 2 is 1.62 bits per heavy atom. The number of aromatic nitrogens is 2. The van der Waals surface area contributed by atoms with Crippen molar-refractivity contribution < 1.29 is 28.2 Å². The average Bonchev–Trinajstić information content (AvgIpc) is 2.82. The number of halogens is 1. The Morgan fingerprint density at radius 3 is 2.19 bits per heavy atom. The Morgan fingerprint density at radius 1 is 1.00 bits per heavy atom. The molecule has 42 heavy (non-hydrogen) atoms. The first-order valence-electron chi connectivity index (χ1n) is 13.8. The lowest BCUT2D eigenvalue weighted by Crippen LogP contribution is -2.47. The summed E-state index contributed by atoms with van der Waals surface area (Å²) in [4.78, 5) is 45.3. The highest BCUT2D eigenvalue weighted by Gasteiger charge is 2.25. The molecule has 0 saturated heterocycles. The van der Waals surface area contributed by atoms with Gasteiger partial charge in [0.25, 0.3) is 5.91 Å². The number of nitrogens with one attached hydrogen (secondary N) is 4. The van der Waals surface area contributed by atoms with E-state index >= 15 is 4.39 Å². The van der Waals surface area contributed by atoms with Crippen molar-refractivity contribution in [2.24, 2.45) is 5.73 Å². The Labute approximate surface area is 246 Å². The van der Waals surface area contributed by atoms with Crippen LogP contribution in [0.1, 0.15) is 82.9 Å². The van der Waals surface area contributed by atoms with E-state index in [1.165, 1.54) is 0 Å². The maximum atomic E-state index is 15.2. The molecule has 3 amide bonds. The van der Waals surface area contributed by atoms with E-state index in [1.54, 1.807) is 54.7 Å². The molecule has 12 nitrogen and oxygen atoms in total. The molecule has 0 aliphatic rings. The molecular formula is C29H44FN7O5. The minimum atomic E-state index is -0.864. The van der Waals surface area contributed by atoms with Crippen molar-refractivity contribution in [3.8, 4) is 0 Å². The number of alkyl carbamates (subject to hydrolysis) is 2. The topological polar surface area (TPSA) is 170 Å². The molecule has 0 spiro atoms. The van der Waals surface area contributed by atoms with Crippen LogP contribution in [0.2, 0.25) is 0 Å². The largest absolute Gasteiger partial charge is 0.444 e. The molecule has 0 aliphatic carbocycles. The molecule has 2 aromatic heterocycles. The normalized spacial score (nSPS) is 13.0. The number of carbonyl (C=O) groups is 3. The van der Waals surface area contributed by atoms with E-state index < -0.39 is 47.2 Å². The van der Waals surface area contributed by atoms with Crippen LogP contribution in [0.15, 0.2) is 18.3 Å². The van der Waals surface area contributed by atoms with Gasteiger partial charge in [0.2, 0.25) is 0 Å². The lowest BCUT2D eigenvalue weighted by atomic mass is 10.0. The molecule has 0 radical (unpaired) electrons. The molecule has 0 unspecified atom stereocenters. The van der Waals surface area contributed by atoms with Crippen molar-refractivity contribution in [1.29, 1.82) is 0 Å². The molecule has 6 N–H and O–H groups in total. The van der Waals surface area contributed by atoms with E-state index in [9.17, 15) is 14.4 Å². The maximum Gasteiger partial charge on any atom is 0.407 e. The van der Waals surface area contributed by atoms with Crippen LogP contribution in [-0.4, -0.2) is 57.9 Å². The fourth-order valence-corrected chi connectivity index (χ4v) is 3.76. The molecule has 13 heteroatoms. The quantitative estimate of drug-likeness (QED) is 0.224. The highest BCUT2D eigenvalue weighted by molar-refractivity contribution is 5.98. The number of anilines is 3. The predicted molar refractivity (Wildman–Crippen MR) is 159 cm³/mol. The van der Waals surface area contributed by atoms with E-state index in [2.05, 4.69) is 31.2 Å². The lowest BCUT2D eigenvalue weighted by molar-refractivity contribution is 0.0501. The van der Waals surface area contributed by atoms with Gasteiger partial charge in [-0.3, -0.25) is 9.78 Å². The second-order valence-electron chi connectivity index (χ2n) is 12.1. The van der Waals surface area contributed by atoms with E-state index in [4.69, 9.17) is 15.2 Å². The van der Waals surface area contributed by atoms with E-state index in [0.29, 0.717) is 18.5 Å². The van der Waals surface area contributed by atoms with Gasteiger partial charge in [0.1, 0.15) is 17.0 Å². The fraction of sp³-hybridized carbons (Fsp3) is 0.552. The summed E-state index contributed by atoms with van der Waals surface area (Å²) in [7, 11) is 0. The zero-order chi connectivity index (χ0) is 31.8. The molecule has 0 saturated carbocycles. The van der Waals surface area contributed by atoms with Crippen molar-refractivity contribution in [2.45, 2.75) is 98.4 Å². The SMILES string of the molecule is Cc1cc(Nc2nc(N[C@H](CCCNC(=O)OC(C)(C)C)[C@H](C)NC(=O)OC(C)(C)C)c(F)cc2C(N)=O)cnc1C. The van der Waals surface area contributed by atoms with Crippen molar-refractivity contribution in [3.05, 3.63) is 41.0 Å². The Hall–Kier alpha value is -4.16. The van der Waals surface area contributed by atoms with Crippen molar-refractivity contribution in [2.75, 3.05) is 17.2 Å². The van der Waals surface area contributed by atoms with Crippen LogP contribution in [0, 0.1) is 19.7 Å². The molecule has 2 heterocycles. The van der Waals surface area contributed by atoms with Crippen molar-refractivity contribution in [3.63, 3.8) is 0 Å². The summed E-state index contributed by atoms with van der Waals surface area (Å²) in [5.74, 6) is -1.80. The third-order valence-corrected chi connectivity index (χ3v) is 5.87. The monoisotopic (exact) mass is 589 g/mol. The second kappa shape index (κ2) is 14.1. The van der Waals surface area contributed by atoms with E-state index in [-0.39, 0.29) is 23.7 Å².